The molecule has 4 aliphatic rings. The number of nitrogens with zero attached hydrogens (tertiary/aromatic N) is 1. The van der Waals surface area contributed by atoms with E-state index in [-0.39, 0.29) is 0 Å². The highest BCUT2D eigenvalue weighted by Crippen LogP contribution is 2.41. The summed E-state index contributed by atoms with van der Waals surface area (Å²) in [7, 11) is 0. The number of hydrogen-bond acceptors (Lipinski definition) is 3. The Morgan fingerprint density at radius 1 is 1.17 bits per heavy atom. The maximum Gasteiger partial charge on any atom is 0.116 e. The van der Waals surface area contributed by atoms with Crippen molar-refractivity contribution in [3.8, 4) is 0 Å². The Bertz CT molecular complexity index is 506. The molecule has 3 aliphatic heterocycles. The van der Waals surface area contributed by atoms with Crippen molar-refractivity contribution in [1.82, 2.24) is 4.90 Å². The molecule has 2 unspecified atom stereocenters. The highest BCUT2D eigenvalue weighted by Gasteiger charge is 2.42. The molecule has 0 amide bonds. The van der Waals surface area contributed by atoms with Crippen molar-refractivity contribution in [2.45, 2.75) is 50.2 Å². The van der Waals surface area contributed by atoms with Crippen LogP contribution in [0.5, 0.6) is 0 Å². The lowest BCUT2D eigenvalue weighted by Crippen LogP contribution is -2.53. The van der Waals surface area contributed by atoms with Crippen molar-refractivity contribution in [3.05, 3.63) is 35.9 Å². The first kappa shape index (κ1) is 15.4. The van der Waals surface area contributed by atoms with Gasteiger partial charge in [0.05, 0.1) is 12.7 Å². The van der Waals surface area contributed by atoms with Gasteiger partial charge in [0.15, 0.2) is 0 Å². The molecule has 5 rings (SSSR count). The monoisotopic (exact) mass is 313 g/mol. The van der Waals surface area contributed by atoms with E-state index in [1.165, 1.54) is 38.8 Å². The van der Waals surface area contributed by atoms with Crippen LogP contribution in [0.1, 0.15) is 44.1 Å². The fourth-order valence-electron chi connectivity index (χ4n) is 4.79. The van der Waals surface area contributed by atoms with Gasteiger partial charge >= 0.3 is 0 Å². The number of ether oxygens (including phenoxy) is 1. The highest BCUT2D eigenvalue weighted by molar-refractivity contribution is 5.21. The van der Waals surface area contributed by atoms with E-state index in [1.807, 2.05) is 18.2 Å². The Morgan fingerprint density at radius 3 is 2.57 bits per heavy atom. The van der Waals surface area contributed by atoms with Crippen LogP contribution < -0.4 is 0 Å². The van der Waals surface area contributed by atoms with Crippen LogP contribution in [0, 0.1) is 24.0 Å². The standard InChI is InChI=1S/C20H27NO2/c22-20(18-8-4-5-9-18,17-6-2-1-3-7-17)15-23-19-14-21-12-10-16(19)11-13-21/h2,6-7,16,18-19,22H,4-5,8-15H2. The third kappa shape index (κ3) is 3.01. The van der Waals surface area contributed by atoms with Gasteiger partial charge in [-0.2, -0.15) is 0 Å². The van der Waals surface area contributed by atoms with Gasteiger partial charge in [0.2, 0.25) is 0 Å². The Morgan fingerprint density at radius 2 is 1.96 bits per heavy atom. The van der Waals surface area contributed by atoms with E-state index in [4.69, 9.17) is 4.74 Å². The topological polar surface area (TPSA) is 32.7 Å². The molecule has 1 aromatic carbocycles. The first-order chi connectivity index (χ1) is 11.3. The molecule has 2 bridgehead atoms. The van der Waals surface area contributed by atoms with E-state index in [0.717, 1.165) is 24.9 Å². The number of rotatable bonds is 5. The van der Waals surface area contributed by atoms with Gasteiger partial charge in [0, 0.05) is 6.54 Å². The van der Waals surface area contributed by atoms with Crippen molar-refractivity contribution in [2.75, 3.05) is 26.2 Å². The van der Waals surface area contributed by atoms with Crippen LogP contribution in [0.25, 0.3) is 0 Å². The van der Waals surface area contributed by atoms with Gasteiger partial charge in [-0.1, -0.05) is 25.0 Å². The third-order valence-electron chi connectivity index (χ3n) is 6.30. The summed E-state index contributed by atoms with van der Waals surface area (Å²) in [5.41, 5.74) is 0.0816. The molecule has 1 aromatic rings. The second kappa shape index (κ2) is 6.43. The van der Waals surface area contributed by atoms with E-state index in [2.05, 4.69) is 17.0 Å². The fraction of sp³-hybridized carbons (Fsp3) is 0.700. The van der Waals surface area contributed by atoms with E-state index in [9.17, 15) is 5.11 Å². The summed E-state index contributed by atoms with van der Waals surface area (Å²) < 4.78 is 6.33. The zero-order valence-electron chi connectivity index (χ0n) is 13.8. The van der Waals surface area contributed by atoms with Gasteiger partial charge in [-0.3, -0.25) is 0 Å². The van der Waals surface area contributed by atoms with Crippen LogP contribution in [0.2, 0.25) is 0 Å². The van der Waals surface area contributed by atoms with Crippen LogP contribution >= 0.6 is 0 Å². The minimum Gasteiger partial charge on any atom is -0.382 e. The Labute approximate surface area is 139 Å². The lowest BCUT2D eigenvalue weighted by molar-refractivity contribution is -0.143. The minimum absolute atomic E-state index is 0.296. The number of fused-ring (bicyclic) bond motifs is 3. The van der Waals surface area contributed by atoms with Crippen molar-refractivity contribution in [1.29, 1.82) is 0 Å². The zero-order valence-corrected chi connectivity index (χ0v) is 13.8. The van der Waals surface area contributed by atoms with E-state index >= 15 is 0 Å². The summed E-state index contributed by atoms with van der Waals surface area (Å²) in [6.45, 7) is 3.91. The summed E-state index contributed by atoms with van der Waals surface area (Å²) in [6, 6.07) is 11.7. The lowest BCUT2D eigenvalue weighted by atomic mass is 9.80. The van der Waals surface area contributed by atoms with Gasteiger partial charge in [0.25, 0.3) is 0 Å². The van der Waals surface area contributed by atoms with Crippen LogP contribution in [-0.4, -0.2) is 42.4 Å². The predicted molar refractivity (Wildman–Crippen MR) is 88.9 cm³/mol. The molecule has 1 N–H and O–H groups in total. The van der Waals surface area contributed by atoms with E-state index in [1.54, 1.807) is 0 Å². The normalized spacial score (nSPS) is 33.3. The van der Waals surface area contributed by atoms with Crippen molar-refractivity contribution < 1.29 is 9.84 Å². The summed E-state index contributed by atoms with van der Waals surface area (Å²) in [4.78, 5) is 2.50. The van der Waals surface area contributed by atoms with Crippen LogP contribution in [0.15, 0.2) is 18.2 Å². The predicted octanol–water partition coefficient (Wildman–Crippen LogP) is 2.78. The maximum atomic E-state index is 11.5. The van der Waals surface area contributed by atoms with E-state index in [0.29, 0.717) is 24.5 Å². The summed E-state index contributed by atoms with van der Waals surface area (Å²) in [6.07, 6.45) is 7.42. The summed E-state index contributed by atoms with van der Waals surface area (Å²) in [5.74, 6) is 0.989. The van der Waals surface area contributed by atoms with Gasteiger partial charge in [-0.05, 0) is 74.4 Å². The molecule has 3 saturated heterocycles. The molecule has 1 aliphatic carbocycles. The van der Waals surface area contributed by atoms with E-state index < -0.39 is 5.60 Å². The molecule has 1 saturated carbocycles. The summed E-state index contributed by atoms with van der Waals surface area (Å²) >= 11 is 0. The van der Waals surface area contributed by atoms with Crippen molar-refractivity contribution in [3.63, 3.8) is 0 Å². The molecule has 124 valence electrons. The molecule has 3 heterocycles. The first-order valence-electron chi connectivity index (χ1n) is 9.20. The molecule has 3 nitrogen and oxygen atoms in total. The number of piperidine rings is 3. The average molecular weight is 313 g/mol. The quantitative estimate of drug-likeness (QED) is 0.907. The Hall–Kier alpha value is -1.08. The minimum atomic E-state index is -0.867. The molecular formula is C20H27NO2. The smallest absolute Gasteiger partial charge is 0.116 e. The van der Waals surface area contributed by atoms with Gasteiger partial charge in [-0.15, -0.1) is 0 Å². The lowest BCUT2D eigenvalue weighted by Gasteiger charge is -2.45. The first-order valence-corrected chi connectivity index (χ1v) is 9.20. The third-order valence-corrected chi connectivity index (χ3v) is 6.30. The molecule has 3 heteroatoms. The van der Waals surface area contributed by atoms with Crippen molar-refractivity contribution >= 4 is 0 Å². The Balaban J connectivity index is 1.49. The largest absolute Gasteiger partial charge is 0.382 e. The van der Waals surface area contributed by atoms with Gasteiger partial charge in [0.1, 0.15) is 5.60 Å². The maximum absolute atomic E-state index is 11.5. The number of aliphatic hydroxyl groups is 1. The SMILES string of the molecule is OC(COC1CN2CCC1CC2)(c1cc#ccc1)C1CCCC1. The fourth-order valence-corrected chi connectivity index (χ4v) is 4.79. The van der Waals surface area contributed by atoms with Crippen LogP contribution in [-0.2, 0) is 10.3 Å². The number of hydrogen-bond donors (Lipinski definition) is 1. The summed E-state index contributed by atoms with van der Waals surface area (Å²) in [5, 5.41) is 11.5. The average Bonchev–Trinajstić information content (AvgIpc) is 3.17. The molecule has 2 atom stereocenters. The Kier molecular flexibility index (Phi) is 4.32. The van der Waals surface area contributed by atoms with Crippen molar-refractivity contribution in [2.24, 2.45) is 11.8 Å². The zero-order chi connectivity index (χ0) is 15.7. The molecular weight excluding hydrogens is 286 g/mol. The highest BCUT2D eigenvalue weighted by atomic mass is 16.5. The molecule has 23 heavy (non-hydrogen) atoms. The van der Waals surface area contributed by atoms with Gasteiger partial charge in [-0.25, -0.2) is 0 Å². The second-order valence-electron chi connectivity index (χ2n) is 7.61. The van der Waals surface area contributed by atoms with Crippen LogP contribution in [0.4, 0.5) is 0 Å². The molecule has 0 aromatic heterocycles. The molecule has 0 spiro atoms. The van der Waals surface area contributed by atoms with Crippen LogP contribution in [0.3, 0.4) is 0 Å². The van der Waals surface area contributed by atoms with Gasteiger partial charge < -0.3 is 14.7 Å². The molecule has 4 fully saturated rings. The second-order valence-corrected chi connectivity index (χ2v) is 7.61. The molecule has 0 radical (unpaired) electrons.